The van der Waals surface area contributed by atoms with Gasteiger partial charge in [0.25, 0.3) is 5.89 Å². The first-order chi connectivity index (χ1) is 15.8. The normalized spacial score (nSPS) is 19.0. The van der Waals surface area contributed by atoms with Crippen molar-refractivity contribution in [3.05, 3.63) is 30.2 Å². The number of aromatic nitrogens is 3. The van der Waals surface area contributed by atoms with Gasteiger partial charge in [0.2, 0.25) is 0 Å². The first-order valence-electron chi connectivity index (χ1n) is 11.9. The molecule has 0 amide bonds. The first-order valence-corrected chi connectivity index (χ1v) is 11.9. The third kappa shape index (κ3) is 7.10. The van der Waals surface area contributed by atoms with Crippen LogP contribution in [0.25, 0.3) is 11.6 Å². The third-order valence-corrected chi connectivity index (χ3v) is 6.34. The average Bonchev–Trinajstić information content (AvgIpc) is 3.33. The lowest BCUT2D eigenvalue weighted by molar-refractivity contribution is -0.0333. The monoisotopic (exact) mass is 569 g/mol. The lowest BCUT2D eigenvalue weighted by atomic mass is 9.80. The second kappa shape index (κ2) is 13.2. The predicted molar refractivity (Wildman–Crippen MR) is 139 cm³/mol. The Morgan fingerprint density at radius 2 is 1.97 bits per heavy atom. The molecule has 1 aliphatic carbocycles. The Labute approximate surface area is 213 Å². The molecule has 4 rings (SSSR count). The number of halogens is 1. The van der Waals surface area contributed by atoms with Crippen molar-refractivity contribution < 1.29 is 9.26 Å². The van der Waals surface area contributed by atoms with Gasteiger partial charge in [-0.25, -0.2) is 0 Å². The molecule has 0 radical (unpaired) electrons. The number of guanidine groups is 1. The van der Waals surface area contributed by atoms with Gasteiger partial charge in [-0.2, -0.15) is 4.98 Å². The molecular weight excluding hydrogens is 533 g/mol. The van der Waals surface area contributed by atoms with E-state index in [4.69, 9.17) is 14.3 Å². The van der Waals surface area contributed by atoms with E-state index in [0.717, 1.165) is 45.4 Å². The SMILES string of the molecule is CCNC(=NCC1(N2CCOCC2)CCCCC1)NCCc1noc(-c2ccccn2)n1.I. The van der Waals surface area contributed by atoms with E-state index in [2.05, 4.69) is 37.6 Å². The summed E-state index contributed by atoms with van der Waals surface area (Å²) in [5.41, 5.74) is 0.852. The molecule has 33 heavy (non-hydrogen) atoms. The summed E-state index contributed by atoms with van der Waals surface area (Å²) >= 11 is 0. The van der Waals surface area contributed by atoms with E-state index in [1.165, 1.54) is 32.1 Å². The number of nitrogens with one attached hydrogen (secondary N) is 2. The van der Waals surface area contributed by atoms with Crippen molar-refractivity contribution in [1.82, 2.24) is 30.7 Å². The lowest BCUT2D eigenvalue weighted by Gasteiger charge is -2.47. The van der Waals surface area contributed by atoms with Crippen LogP contribution in [0.5, 0.6) is 0 Å². The largest absolute Gasteiger partial charge is 0.379 e. The molecule has 2 fully saturated rings. The van der Waals surface area contributed by atoms with Gasteiger partial charge in [0, 0.05) is 44.3 Å². The van der Waals surface area contributed by atoms with Gasteiger partial charge in [0.05, 0.1) is 19.8 Å². The summed E-state index contributed by atoms with van der Waals surface area (Å²) in [6, 6.07) is 5.63. The van der Waals surface area contributed by atoms with Crippen LogP contribution in [0.1, 0.15) is 44.9 Å². The smallest absolute Gasteiger partial charge is 0.276 e. The highest BCUT2D eigenvalue weighted by atomic mass is 127. The Bertz CT molecular complexity index is 850. The standard InChI is InChI=1S/C23H35N7O2.HI/c1-2-24-22(26-13-9-20-28-21(32-29-20)19-8-4-7-12-25-19)27-18-23(10-5-3-6-11-23)30-14-16-31-17-15-30;/h4,7-8,12H,2-3,5-6,9-11,13-18H2,1H3,(H2,24,26,27);1H. The van der Waals surface area contributed by atoms with Gasteiger partial charge in [-0.3, -0.25) is 14.9 Å². The van der Waals surface area contributed by atoms with Crippen molar-refractivity contribution in [2.24, 2.45) is 4.99 Å². The van der Waals surface area contributed by atoms with E-state index in [1.54, 1.807) is 6.20 Å². The van der Waals surface area contributed by atoms with Gasteiger partial charge in [-0.05, 0) is 31.9 Å². The number of aliphatic imine (C=N–C) groups is 1. The quantitative estimate of drug-likeness (QED) is 0.285. The second-order valence-electron chi connectivity index (χ2n) is 8.49. The summed E-state index contributed by atoms with van der Waals surface area (Å²) in [5, 5.41) is 10.9. The molecular formula is C23H36IN7O2. The Hall–Kier alpha value is -1.79. The van der Waals surface area contributed by atoms with E-state index in [9.17, 15) is 0 Å². The fourth-order valence-corrected chi connectivity index (χ4v) is 4.63. The molecule has 1 saturated heterocycles. The molecule has 2 aliphatic rings. The van der Waals surface area contributed by atoms with Crippen molar-refractivity contribution in [2.45, 2.75) is 51.0 Å². The van der Waals surface area contributed by atoms with Gasteiger partial charge in [-0.1, -0.05) is 30.5 Å². The Morgan fingerprint density at radius 1 is 1.15 bits per heavy atom. The molecule has 0 bridgehead atoms. The van der Waals surface area contributed by atoms with Crippen molar-refractivity contribution >= 4 is 29.9 Å². The van der Waals surface area contributed by atoms with E-state index >= 15 is 0 Å². The number of hydrogen-bond acceptors (Lipinski definition) is 7. The minimum Gasteiger partial charge on any atom is -0.379 e. The topological polar surface area (TPSA) is 101 Å². The summed E-state index contributed by atoms with van der Waals surface area (Å²) in [6.07, 6.45) is 8.70. The maximum Gasteiger partial charge on any atom is 0.276 e. The zero-order chi connectivity index (χ0) is 22.1. The Morgan fingerprint density at radius 3 is 2.70 bits per heavy atom. The van der Waals surface area contributed by atoms with Crippen molar-refractivity contribution in [3.8, 4) is 11.6 Å². The van der Waals surface area contributed by atoms with Gasteiger partial charge in [0.1, 0.15) is 5.69 Å². The number of rotatable bonds is 8. The van der Waals surface area contributed by atoms with Crippen LogP contribution in [0.4, 0.5) is 0 Å². The van der Waals surface area contributed by atoms with Crippen LogP contribution in [0.3, 0.4) is 0 Å². The van der Waals surface area contributed by atoms with Gasteiger partial charge in [-0.15, -0.1) is 24.0 Å². The minimum absolute atomic E-state index is 0. The summed E-state index contributed by atoms with van der Waals surface area (Å²) < 4.78 is 10.9. The van der Waals surface area contributed by atoms with Crippen LogP contribution >= 0.6 is 24.0 Å². The van der Waals surface area contributed by atoms with Crippen LogP contribution < -0.4 is 10.6 Å². The molecule has 0 spiro atoms. The van der Waals surface area contributed by atoms with E-state index in [0.29, 0.717) is 30.4 Å². The van der Waals surface area contributed by atoms with Crippen molar-refractivity contribution in [2.75, 3.05) is 45.9 Å². The molecule has 2 N–H and O–H groups in total. The van der Waals surface area contributed by atoms with Crippen molar-refractivity contribution in [1.29, 1.82) is 0 Å². The highest BCUT2D eigenvalue weighted by molar-refractivity contribution is 14.0. The summed E-state index contributed by atoms with van der Waals surface area (Å²) in [7, 11) is 0. The summed E-state index contributed by atoms with van der Waals surface area (Å²) in [4.78, 5) is 16.3. The van der Waals surface area contributed by atoms with Gasteiger partial charge in [0.15, 0.2) is 11.8 Å². The third-order valence-electron chi connectivity index (χ3n) is 6.34. The predicted octanol–water partition coefficient (Wildman–Crippen LogP) is 2.88. The van der Waals surface area contributed by atoms with Crippen molar-refractivity contribution in [3.63, 3.8) is 0 Å². The molecule has 1 aliphatic heterocycles. The van der Waals surface area contributed by atoms with E-state index in [1.807, 2.05) is 18.2 Å². The fourth-order valence-electron chi connectivity index (χ4n) is 4.63. The minimum atomic E-state index is 0. The number of ether oxygens (including phenoxy) is 1. The molecule has 0 atom stereocenters. The van der Waals surface area contributed by atoms with Crippen LogP contribution in [-0.2, 0) is 11.2 Å². The Balaban J connectivity index is 0.00000306. The van der Waals surface area contributed by atoms with Crippen LogP contribution in [-0.4, -0.2) is 77.5 Å². The molecule has 0 aromatic carbocycles. The zero-order valence-electron chi connectivity index (χ0n) is 19.5. The molecule has 182 valence electrons. The molecule has 9 nitrogen and oxygen atoms in total. The molecule has 0 unspecified atom stereocenters. The zero-order valence-corrected chi connectivity index (χ0v) is 21.8. The molecule has 2 aromatic heterocycles. The van der Waals surface area contributed by atoms with E-state index < -0.39 is 0 Å². The summed E-state index contributed by atoms with van der Waals surface area (Å²) in [6.45, 7) is 8.08. The molecule has 2 aromatic rings. The highest BCUT2D eigenvalue weighted by Crippen LogP contribution is 2.34. The fraction of sp³-hybridized carbons (Fsp3) is 0.652. The van der Waals surface area contributed by atoms with E-state index in [-0.39, 0.29) is 29.5 Å². The van der Waals surface area contributed by atoms with Crippen LogP contribution in [0.15, 0.2) is 33.9 Å². The molecule has 3 heterocycles. The van der Waals surface area contributed by atoms with Gasteiger partial charge < -0.3 is 19.9 Å². The van der Waals surface area contributed by atoms with Crippen LogP contribution in [0, 0.1) is 0 Å². The maximum atomic E-state index is 5.60. The highest BCUT2D eigenvalue weighted by Gasteiger charge is 2.38. The average molecular weight is 569 g/mol. The maximum absolute atomic E-state index is 5.60. The summed E-state index contributed by atoms with van der Waals surface area (Å²) in [5.74, 6) is 1.95. The second-order valence-corrected chi connectivity index (χ2v) is 8.49. The Kier molecular flexibility index (Phi) is 10.3. The lowest BCUT2D eigenvalue weighted by Crippen LogP contribution is -2.56. The number of pyridine rings is 1. The first kappa shape index (κ1) is 25.8. The van der Waals surface area contributed by atoms with Crippen LogP contribution in [0.2, 0.25) is 0 Å². The molecule has 10 heteroatoms. The number of morpholine rings is 1. The molecule has 1 saturated carbocycles. The number of nitrogens with zero attached hydrogens (tertiary/aromatic N) is 5. The number of hydrogen-bond donors (Lipinski definition) is 2. The van der Waals surface area contributed by atoms with Gasteiger partial charge >= 0.3 is 0 Å².